The van der Waals surface area contributed by atoms with Gasteiger partial charge in [-0.3, -0.25) is 9.59 Å². The Balaban J connectivity index is 0.00000468. The van der Waals surface area contributed by atoms with Crippen molar-refractivity contribution in [3.63, 3.8) is 0 Å². The number of benzene rings is 5. The maximum atomic E-state index is 13.0. The minimum absolute atomic E-state index is 0. The third kappa shape index (κ3) is 9.29. The molecular weight excluding hydrogens is 666 g/mol. The Bertz CT molecular complexity index is 2170. The van der Waals surface area contributed by atoms with Crippen LogP contribution < -0.4 is 14.8 Å². The average Bonchev–Trinajstić information content (AvgIpc) is 3.42. The van der Waals surface area contributed by atoms with E-state index in [0.29, 0.717) is 33.7 Å². The number of ether oxygens (including phenoxy) is 1. The van der Waals surface area contributed by atoms with E-state index in [4.69, 9.17) is 4.74 Å². The predicted octanol–water partition coefficient (Wildman–Crippen LogP) is 6.77. The molecule has 49 heavy (non-hydrogen) atoms. The van der Waals surface area contributed by atoms with Crippen molar-refractivity contribution in [2.45, 2.75) is 38.2 Å². The van der Waals surface area contributed by atoms with Gasteiger partial charge in [-0.05, 0) is 95.0 Å². The first-order chi connectivity index (χ1) is 23.1. The van der Waals surface area contributed by atoms with E-state index in [0.717, 1.165) is 33.9 Å². The van der Waals surface area contributed by atoms with Crippen molar-refractivity contribution >= 4 is 90.9 Å². The van der Waals surface area contributed by atoms with E-state index in [1.165, 1.54) is 29.5 Å². The summed E-state index contributed by atoms with van der Waals surface area (Å²) >= 11 is 1.23. The van der Waals surface area contributed by atoms with Gasteiger partial charge in [0.1, 0.15) is 12.4 Å². The zero-order chi connectivity index (χ0) is 33.7. The van der Waals surface area contributed by atoms with Gasteiger partial charge in [-0.25, -0.2) is 13.1 Å². The third-order valence-electron chi connectivity index (χ3n) is 7.76. The van der Waals surface area contributed by atoms with Crippen LogP contribution in [0.5, 0.6) is 5.75 Å². The van der Waals surface area contributed by atoms with Crippen LogP contribution in [0.15, 0.2) is 124 Å². The molecule has 244 valence electrons. The van der Waals surface area contributed by atoms with Crippen molar-refractivity contribution in [3.8, 4) is 5.75 Å². The van der Waals surface area contributed by atoms with Crippen LogP contribution >= 0.6 is 11.8 Å². The van der Waals surface area contributed by atoms with Crippen molar-refractivity contribution in [2.24, 2.45) is 4.99 Å². The van der Waals surface area contributed by atoms with Crippen LogP contribution in [0.1, 0.15) is 34.7 Å². The van der Waals surface area contributed by atoms with Crippen molar-refractivity contribution in [2.75, 3.05) is 5.32 Å². The number of hydrogen-bond acceptors (Lipinski definition) is 7. The summed E-state index contributed by atoms with van der Waals surface area (Å²) in [7, 11) is -3.96. The first-order valence-corrected chi connectivity index (χ1v) is 17.7. The molecule has 0 atom stereocenters. The molecule has 1 aliphatic heterocycles. The van der Waals surface area contributed by atoms with E-state index in [-0.39, 0.29) is 46.8 Å². The van der Waals surface area contributed by atoms with Crippen molar-refractivity contribution in [1.29, 1.82) is 0 Å². The van der Waals surface area contributed by atoms with E-state index < -0.39 is 15.9 Å². The summed E-state index contributed by atoms with van der Waals surface area (Å²) in [6.07, 6.45) is 2.66. The van der Waals surface area contributed by atoms with Gasteiger partial charge in [-0.2, -0.15) is 4.99 Å². The molecule has 0 spiro atoms. The molecule has 1 aliphatic rings. The SMILES string of the molecule is CCc1ccc(COc2cc3ccccc3cc2/C=C2/SC(Nc3ccc(CC(=O)NS(=O)(=O)c4ccc(C)cc4)cc3)=NC2=O)cc1.[NaH]. The summed E-state index contributed by atoms with van der Waals surface area (Å²) in [6.45, 7) is 4.37. The molecule has 11 heteroatoms. The number of amides is 2. The number of carbonyl (C=O) groups is 2. The maximum absolute atomic E-state index is 13.0. The second kappa shape index (κ2) is 16.0. The molecule has 0 unspecified atom stereocenters. The number of hydrogen-bond donors (Lipinski definition) is 2. The van der Waals surface area contributed by atoms with Gasteiger partial charge in [0.2, 0.25) is 5.91 Å². The van der Waals surface area contributed by atoms with Gasteiger partial charge in [-0.1, -0.05) is 85.3 Å². The Kier molecular flexibility index (Phi) is 11.8. The molecule has 2 N–H and O–H groups in total. The monoisotopic (exact) mass is 699 g/mol. The van der Waals surface area contributed by atoms with Crippen LogP contribution in [0.3, 0.4) is 0 Å². The fourth-order valence-corrected chi connectivity index (χ4v) is 6.90. The number of nitrogens with one attached hydrogen (secondary N) is 2. The molecule has 2 amide bonds. The quantitative estimate of drug-likeness (QED) is 0.122. The number of anilines is 1. The van der Waals surface area contributed by atoms with E-state index in [1.54, 1.807) is 42.5 Å². The van der Waals surface area contributed by atoms with Crippen molar-refractivity contribution < 1.29 is 22.7 Å². The molecule has 0 saturated heterocycles. The summed E-state index contributed by atoms with van der Waals surface area (Å²) in [4.78, 5) is 30.1. The average molecular weight is 700 g/mol. The number of amidine groups is 1. The van der Waals surface area contributed by atoms with Gasteiger partial charge in [0.15, 0.2) is 5.17 Å². The number of aliphatic imine (C=N–C) groups is 1. The zero-order valence-electron chi connectivity index (χ0n) is 26.4. The molecule has 5 aromatic rings. The third-order valence-corrected chi connectivity index (χ3v) is 10.0. The number of aryl methyl sites for hydroxylation is 2. The Hall–Kier alpha value is -4.19. The Morgan fingerprint density at radius 1 is 0.857 bits per heavy atom. The number of rotatable bonds is 10. The summed E-state index contributed by atoms with van der Waals surface area (Å²) in [5.41, 5.74) is 5.30. The molecule has 6 rings (SSSR count). The van der Waals surface area contributed by atoms with Crippen LogP contribution in [0.25, 0.3) is 16.8 Å². The second-order valence-electron chi connectivity index (χ2n) is 11.4. The number of fused-ring (bicyclic) bond motifs is 1. The normalized spacial score (nSPS) is 13.6. The molecule has 1 heterocycles. The van der Waals surface area contributed by atoms with Crippen molar-refractivity contribution in [1.82, 2.24) is 4.72 Å². The molecule has 8 nitrogen and oxygen atoms in total. The summed E-state index contributed by atoms with van der Waals surface area (Å²) in [6, 6.07) is 33.5. The Labute approximate surface area is 312 Å². The Morgan fingerprint density at radius 2 is 1.49 bits per heavy atom. The number of nitrogens with zero attached hydrogens (tertiary/aromatic N) is 1. The zero-order valence-corrected chi connectivity index (χ0v) is 28.0. The molecule has 0 fully saturated rings. The standard InChI is InChI=1S/C38H33N3O5S2.Na.H/c1-3-26-10-12-28(13-11-26)24-46-34-22-30-7-5-4-6-29(30)21-31(34)23-35-37(43)40-38(47-35)39-32-16-14-27(15-17-32)20-36(42)41-48(44,45)33-18-8-25(2)9-19-33;;/h4-19,21-23H,3,20,24H2,1-2H3,(H,41,42)(H,39,40,43);;/b35-23+;;. The van der Waals surface area contributed by atoms with Crippen LogP contribution in [-0.4, -0.2) is 55.0 Å². The molecule has 0 radical (unpaired) electrons. The van der Waals surface area contributed by atoms with Gasteiger partial charge >= 0.3 is 29.6 Å². The fourth-order valence-electron chi connectivity index (χ4n) is 5.09. The Morgan fingerprint density at radius 3 is 2.16 bits per heavy atom. The molecule has 5 aromatic carbocycles. The van der Waals surface area contributed by atoms with Gasteiger partial charge in [-0.15, -0.1) is 0 Å². The van der Waals surface area contributed by atoms with E-state index in [2.05, 4.69) is 46.2 Å². The summed E-state index contributed by atoms with van der Waals surface area (Å²) in [5, 5.41) is 5.64. The van der Waals surface area contributed by atoms with Crippen LogP contribution in [0.2, 0.25) is 0 Å². The van der Waals surface area contributed by atoms with E-state index >= 15 is 0 Å². The topological polar surface area (TPSA) is 114 Å². The van der Waals surface area contributed by atoms with E-state index in [1.807, 2.05) is 43.3 Å². The number of sulfonamides is 1. The summed E-state index contributed by atoms with van der Waals surface area (Å²) < 4.78 is 33.5. The van der Waals surface area contributed by atoms with Crippen molar-refractivity contribution in [3.05, 3.63) is 142 Å². The summed E-state index contributed by atoms with van der Waals surface area (Å²) in [5.74, 6) is -0.333. The van der Waals surface area contributed by atoms with Crippen LogP contribution in [-0.2, 0) is 39.1 Å². The predicted molar refractivity (Wildman–Crippen MR) is 200 cm³/mol. The van der Waals surface area contributed by atoms with E-state index in [9.17, 15) is 18.0 Å². The second-order valence-corrected chi connectivity index (χ2v) is 14.1. The molecular formula is C38H34N3NaO5S2. The number of thioether (sulfide) groups is 1. The molecule has 0 bridgehead atoms. The van der Waals surface area contributed by atoms with Gasteiger partial charge in [0.25, 0.3) is 15.9 Å². The molecule has 0 saturated carbocycles. The van der Waals surface area contributed by atoms with Gasteiger partial charge in [0, 0.05) is 11.3 Å². The van der Waals surface area contributed by atoms with Crippen LogP contribution in [0, 0.1) is 6.92 Å². The molecule has 0 aliphatic carbocycles. The fraction of sp³-hybridized carbons (Fsp3) is 0.132. The first kappa shape index (κ1) is 36.1. The molecule has 0 aromatic heterocycles. The van der Waals surface area contributed by atoms with Gasteiger partial charge < -0.3 is 10.1 Å². The van der Waals surface area contributed by atoms with Crippen LogP contribution in [0.4, 0.5) is 5.69 Å². The minimum atomic E-state index is -3.96. The number of carbonyl (C=O) groups excluding carboxylic acids is 2. The van der Waals surface area contributed by atoms with Gasteiger partial charge in [0.05, 0.1) is 16.2 Å². The first-order valence-electron chi connectivity index (χ1n) is 15.4.